The average Bonchev–Trinajstić information content (AvgIpc) is 2.39. The van der Waals surface area contributed by atoms with Crippen LogP contribution in [-0.4, -0.2) is 24.4 Å². The molecule has 0 spiro atoms. The molecule has 0 aromatic carbocycles. The number of amides is 2. The first-order valence-electron chi connectivity index (χ1n) is 3.00. The molecule has 2 rings (SSSR count). The van der Waals surface area contributed by atoms with Gasteiger partial charge in [-0.05, 0) is 0 Å². The van der Waals surface area contributed by atoms with E-state index in [0.29, 0.717) is 6.54 Å². The fraction of sp³-hybridized carbons (Fsp3) is 0.600. The van der Waals surface area contributed by atoms with Crippen molar-refractivity contribution in [3.8, 4) is 0 Å². The smallest absolute Gasteiger partial charge is 0.254 e. The standard InChI is InChI=1S/C5H5N3O2/c9-4-2-1-6-8-3(2)5(10)7-4/h2-3H,1H2,(H,7,9,10). The van der Waals surface area contributed by atoms with Crippen molar-refractivity contribution in [3.05, 3.63) is 0 Å². The van der Waals surface area contributed by atoms with Gasteiger partial charge in [-0.3, -0.25) is 14.9 Å². The van der Waals surface area contributed by atoms with Gasteiger partial charge in [0.2, 0.25) is 5.91 Å². The van der Waals surface area contributed by atoms with Gasteiger partial charge in [-0.1, -0.05) is 0 Å². The Bertz CT molecular complexity index is 235. The molecule has 1 N–H and O–H groups in total. The van der Waals surface area contributed by atoms with Gasteiger partial charge >= 0.3 is 0 Å². The second-order valence-electron chi connectivity index (χ2n) is 2.34. The summed E-state index contributed by atoms with van der Waals surface area (Å²) in [5.41, 5.74) is 0. The number of nitrogens with one attached hydrogen (secondary N) is 1. The van der Waals surface area contributed by atoms with Crippen LogP contribution in [-0.2, 0) is 9.59 Å². The number of hydrogen-bond donors (Lipinski definition) is 1. The molecular weight excluding hydrogens is 134 g/mol. The molecule has 0 saturated carbocycles. The van der Waals surface area contributed by atoms with Gasteiger partial charge in [0.05, 0.1) is 12.5 Å². The van der Waals surface area contributed by atoms with Gasteiger partial charge in [0.1, 0.15) is 0 Å². The summed E-state index contributed by atoms with van der Waals surface area (Å²) in [4.78, 5) is 21.6. The van der Waals surface area contributed by atoms with Gasteiger partial charge in [0, 0.05) is 0 Å². The summed E-state index contributed by atoms with van der Waals surface area (Å²) in [6, 6.07) is -0.521. The molecule has 10 heavy (non-hydrogen) atoms. The number of imide groups is 1. The SMILES string of the molecule is O=C1NC(=O)C2N=NCC12. The Labute approximate surface area is 56.5 Å². The van der Waals surface area contributed by atoms with Crippen LogP contribution in [0.15, 0.2) is 10.2 Å². The zero-order valence-electron chi connectivity index (χ0n) is 5.07. The van der Waals surface area contributed by atoms with Crippen molar-refractivity contribution in [2.45, 2.75) is 6.04 Å². The van der Waals surface area contributed by atoms with E-state index in [1.165, 1.54) is 0 Å². The first-order valence-corrected chi connectivity index (χ1v) is 3.00. The molecule has 0 aliphatic carbocycles. The van der Waals surface area contributed by atoms with Crippen LogP contribution < -0.4 is 5.32 Å². The zero-order chi connectivity index (χ0) is 7.14. The minimum atomic E-state index is -0.521. The van der Waals surface area contributed by atoms with E-state index in [-0.39, 0.29) is 17.7 Å². The van der Waals surface area contributed by atoms with Gasteiger partial charge in [-0.25, -0.2) is 0 Å². The molecule has 2 atom stereocenters. The molecule has 2 unspecified atom stereocenters. The third-order valence-corrected chi connectivity index (χ3v) is 1.72. The Kier molecular flexibility index (Phi) is 0.893. The third kappa shape index (κ3) is 0.516. The second-order valence-corrected chi connectivity index (χ2v) is 2.34. The number of carbonyl (C=O) groups excluding carboxylic acids is 2. The van der Waals surface area contributed by atoms with Crippen molar-refractivity contribution in [3.63, 3.8) is 0 Å². The van der Waals surface area contributed by atoms with Crippen LogP contribution in [0.4, 0.5) is 0 Å². The number of azo groups is 1. The van der Waals surface area contributed by atoms with Crippen LogP contribution >= 0.6 is 0 Å². The zero-order valence-corrected chi connectivity index (χ0v) is 5.07. The molecule has 5 nitrogen and oxygen atoms in total. The fourth-order valence-corrected chi connectivity index (χ4v) is 1.15. The van der Waals surface area contributed by atoms with Crippen LogP contribution in [0.5, 0.6) is 0 Å². The highest BCUT2D eigenvalue weighted by atomic mass is 16.2. The topological polar surface area (TPSA) is 70.9 Å². The minimum Gasteiger partial charge on any atom is -0.294 e. The molecule has 1 fully saturated rings. The molecule has 0 aromatic heterocycles. The van der Waals surface area contributed by atoms with Gasteiger partial charge in [0.15, 0.2) is 6.04 Å². The Hall–Kier alpha value is -1.26. The third-order valence-electron chi connectivity index (χ3n) is 1.72. The normalized spacial score (nSPS) is 36.4. The Balaban J connectivity index is 2.33. The number of hydrogen-bond acceptors (Lipinski definition) is 4. The first-order chi connectivity index (χ1) is 4.79. The Morgan fingerprint density at radius 2 is 2.20 bits per heavy atom. The molecule has 2 amide bonds. The van der Waals surface area contributed by atoms with Crippen molar-refractivity contribution in [1.29, 1.82) is 0 Å². The van der Waals surface area contributed by atoms with Crippen LogP contribution in [0.3, 0.4) is 0 Å². The van der Waals surface area contributed by atoms with Crippen molar-refractivity contribution >= 4 is 11.8 Å². The van der Waals surface area contributed by atoms with E-state index >= 15 is 0 Å². The predicted octanol–water partition coefficient (Wildman–Crippen LogP) is -0.907. The van der Waals surface area contributed by atoms with E-state index < -0.39 is 6.04 Å². The Morgan fingerprint density at radius 1 is 1.40 bits per heavy atom. The maximum Gasteiger partial charge on any atom is 0.254 e. The van der Waals surface area contributed by atoms with E-state index in [1.807, 2.05) is 0 Å². The highest BCUT2D eigenvalue weighted by molar-refractivity contribution is 6.07. The molecule has 52 valence electrons. The number of rotatable bonds is 0. The average molecular weight is 139 g/mol. The highest BCUT2D eigenvalue weighted by Gasteiger charge is 2.44. The van der Waals surface area contributed by atoms with Gasteiger partial charge in [-0.2, -0.15) is 10.2 Å². The van der Waals surface area contributed by atoms with Crippen LogP contribution in [0.25, 0.3) is 0 Å². The lowest BCUT2D eigenvalue weighted by atomic mass is 10.1. The second kappa shape index (κ2) is 1.62. The summed E-state index contributed by atoms with van der Waals surface area (Å²) in [6.45, 7) is 0.363. The molecule has 0 aromatic rings. The summed E-state index contributed by atoms with van der Waals surface area (Å²) in [5, 5.41) is 9.42. The highest BCUT2D eigenvalue weighted by Crippen LogP contribution is 2.21. The van der Waals surface area contributed by atoms with Crippen LogP contribution in [0.1, 0.15) is 0 Å². The summed E-state index contributed by atoms with van der Waals surface area (Å²) < 4.78 is 0. The van der Waals surface area contributed by atoms with E-state index in [1.54, 1.807) is 0 Å². The van der Waals surface area contributed by atoms with Crippen LogP contribution in [0.2, 0.25) is 0 Å². The van der Waals surface area contributed by atoms with Crippen molar-refractivity contribution in [2.24, 2.45) is 16.1 Å². The molecular formula is C5H5N3O2. The number of carbonyl (C=O) groups is 2. The largest absolute Gasteiger partial charge is 0.294 e. The van der Waals surface area contributed by atoms with E-state index in [2.05, 4.69) is 15.5 Å². The lowest BCUT2D eigenvalue weighted by Crippen LogP contribution is -2.23. The molecule has 2 aliphatic rings. The van der Waals surface area contributed by atoms with E-state index in [9.17, 15) is 9.59 Å². The van der Waals surface area contributed by atoms with Crippen molar-refractivity contribution in [2.75, 3.05) is 6.54 Å². The molecule has 2 aliphatic heterocycles. The first kappa shape index (κ1) is 5.52. The van der Waals surface area contributed by atoms with Crippen LogP contribution in [0, 0.1) is 5.92 Å². The van der Waals surface area contributed by atoms with Gasteiger partial charge in [-0.15, -0.1) is 0 Å². The summed E-state index contributed by atoms with van der Waals surface area (Å²) in [7, 11) is 0. The van der Waals surface area contributed by atoms with Crippen molar-refractivity contribution < 1.29 is 9.59 Å². The Morgan fingerprint density at radius 3 is 2.90 bits per heavy atom. The quantitative estimate of drug-likeness (QED) is 0.441. The lowest BCUT2D eigenvalue weighted by Gasteiger charge is -1.94. The maximum atomic E-state index is 10.8. The molecule has 1 saturated heterocycles. The molecule has 0 radical (unpaired) electrons. The monoisotopic (exact) mass is 139 g/mol. The van der Waals surface area contributed by atoms with Gasteiger partial charge < -0.3 is 0 Å². The summed E-state index contributed by atoms with van der Waals surface area (Å²) in [5.74, 6) is -0.858. The molecule has 0 bridgehead atoms. The number of nitrogens with zero attached hydrogens (tertiary/aromatic N) is 2. The fourth-order valence-electron chi connectivity index (χ4n) is 1.15. The predicted molar refractivity (Wildman–Crippen MR) is 30.2 cm³/mol. The van der Waals surface area contributed by atoms with Crippen molar-refractivity contribution in [1.82, 2.24) is 5.32 Å². The lowest BCUT2D eigenvalue weighted by molar-refractivity contribution is -0.125. The molecule has 2 heterocycles. The van der Waals surface area contributed by atoms with Gasteiger partial charge in [0.25, 0.3) is 5.91 Å². The van der Waals surface area contributed by atoms with E-state index in [0.717, 1.165) is 0 Å². The maximum absolute atomic E-state index is 10.8. The van der Waals surface area contributed by atoms with E-state index in [4.69, 9.17) is 0 Å². The molecule has 5 heteroatoms. The summed E-state index contributed by atoms with van der Waals surface area (Å²) >= 11 is 0. The summed E-state index contributed by atoms with van der Waals surface area (Å²) in [6.07, 6.45) is 0. The minimum absolute atomic E-state index is 0.236. The number of fused-ring (bicyclic) bond motifs is 1.